The Labute approximate surface area is 129 Å². The quantitative estimate of drug-likeness (QED) is 0.796. The van der Waals surface area contributed by atoms with Gasteiger partial charge in [-0.1, -0.05) is 34.8 Å². The molecule has 2 rings (SSSR count). The van der Waals surface area contributed by atoms with Gasteiger partial charge in [0.2, 0.25) is 11.6 Å². The molecule has 0 heterocycles. The van der Waals surface area contributed by atoms with Crippen LogP contribution < -0.4 is 9.47 Å². The van der Waals surface area contributed by atoms with Crippen molar-refractivity contribution in [2.75, 3.05) is 7.11 Å². The molecule has 1 aliphatic carbocycles. The normalized spacial score (nSPS) is 15.8. The molecule has 0 atom stereocenters. The number of carbonyl (C=O) groups is 2. The highest BCUT2D eigenvalue weighted by Crippen LogP contribution is 2.32. The van der Waals surface area contributed by atoms with Crippen molar-refractivity contribution in [1.29, 1.82) is 0 Å². The summed E-state index contributed by atoms with van der Waals surface area (Å²) >= 11 is 17.1. The van der Waals surface area contributed by atoms with E-state index >= 15 is 0 Å². The highest BCUT2D eigenvalue weighted by atomic mass is 35.5. The molecule has 1 aromatic carbocycles. The first-order valence-corrected chi connectivity index (χ1v) is 6.45. The van der Waals surface area contributed by atoms with Gasteiger partial charge in [-0.3, -0.25) is 9.59 Å². The van der Waals surface area contributed by atoms with Crippen LogP contribution >= 0.6 is 34.8 Å². The first-order chi connectivity index (χ1) is 9.45. The largest absolute Gasteiger partial charge is 0.497 e. The molecule has 7 heteroatoms. The van der Waals surface area contributed by atoms with E-state index < -0.39 is 26.7 Å². The standard InChI is InChI=1S/C13H7Cl3O4/c1-19-6-2-4-7(5-3-6)20-13-10(16)11(17)8(14)9(15)12(13)18/h2-5H,1H3. The fraction of sp³-hybridized carbons (Fsp3) is 0.0769. The summed E-state index contributed by atoms with van der Waals surface area (Å²) in [5.74, 6) is -0.915. The molecule has 0 N–H and O–H groups in total. The molecule has 104 valence electrons. The lowest BCUT2D eigenvalue weighted by Crippen LogP contribution is -2.21. The summed E-state index contributed by atoms with van der Waals surface area (Å²) in [7, 11) is 1.52. The number of hydrogen-bond acceptors (Lipinski definition) is 4. The van der Waals surface area contributed by atoms with Crippen LogP contribution in [0, 0.1) is 0 Å². The number of halogens is 3. The Morgan fingerprint density at radius 3 is 1.85 bits per heavy atom. The second kappa shape index (κ2) is 5.87. The summed E-state index contributed by atoms with van der Waals surface area (Å²) in [5.41, 5.74) is 0. The fourth-order valence-electron chi connectivity index (χ4n) is 1.45. The molecule has 20 heavy (non-hydrogen) atoms. The van der Waals surface area contributed by atoms with Gasteiger partial charge in [0.15, 0.2) is 5.76 Å². The van der Waals surface area contributed by atoms with Gasteiger partial charge in [0, 0.05) is 0 Å². The van der Waals surface area contributed by atoms with Crippen LogP contribution in [0.2, 0.25) is 0 Å². The molecule has 0 radical (unpaired) electrons. The first-order valence-electron chi connectivity index (χ1n) is 5.32. The zero-order valence-electron chi connectivity index (χ0n) is 10.1. The van der Waals surface area contributed by atoms with Crippen molar-refractivity contribution in [3.8, 4) is 11.5 Å². The molecule has 0 spiro atoms. The summed E-state index contributed by atoms with van der Waals surface area (Å²) in [6, 6.07) is 6.37. The van der Waals surface area contributed by atoms with Crippen molar-refractivity contribution in [3.63, 3.8) is 0 Å². The smallest absolute Gasteiger partial charge is 0.242 e. The van der Waals surface area contributed by atoms with Crippen LogP contribution in [0.15, 0.2) is 45.1 Å². The lowest BCUT2D eigenvalue weighted by Gasteiger charge is -2.15. The second-order valence-electron chi connectivity index (χ2n) is 3.71. The van der Waals surface area contributed by atoms with Crippen molar-refractivity contribution < 1.29 is 19.1 Å². The molecule has 1 aliphatic rings. The Balaban J connectivity index is 2.32. The van der Waals surface area contributed by atoms with Crippen LogP contribution in [0.5, 0.6) is 11.5 Å². The summed E-state index contributed by atoms with van der Waals surface area (Å²) in [6.45, 7) is 0. The number of Topliss-reactive ketones (excluding diaryl/α,β-unsaturated/α-hetero) is 2. The van der Waals surface area contributed by atoms with Crippen LogP contribution in [-0.4, -0.2) is 18.7 Å². The van der Waals surface area contributed by atoms with Gasteiger partial charge in [0.05, 0.1) is 7.11 Å². The van der Waals surface area contributed by atoms with E-state index in [4.69, 9.17) is 44.3 Å². The summed E-state index contributed by atoms with van der Waals surface area (Å²) < 4.78 is 10.3. The average Bonchev–Trinajstić information content (AvgIpc) is 2.48. The molecular weight excluding hydrogens is 326 g/mol. The van der Waals surface area contributed by atoms with Crippen LogP contribution in [0.4, 0.5) is 0 Å². The maximum Gasteiger partial charge on any atom is 0.242 e. The third-order valence-corrected chi connectivity index (χ3v) is 3.64. The molecule has 0 saturated carbocycles. The zero-order chi connectivity index (χ0) is 14.9. The number of hydrogen-bond donors (Lipinski definition) is 0. The SMILES string of the molecule is COc1ccc(OC2=C(Cl)C(=O)C(Cl)=C(Cl)C2=O)cc1. The topological polar surface area (TPSA) is 52.6 Å². The van der Waals surface area contributed by atoms with E-state index in [1.807, 2.05) is 0 Å². The third-order valence-electron chi connectivity index (χ3n) is 2.48. The second-order valence-corrected chi connectivity index (χ2v) is 4.84. The van der Waals surface area contributed by atoms with Crippen LogP contribution in [0.1, 0.15) is 0 Å². The van der Waals surface area contributed by atoms with Crippen molar-refractivity contribution in [2.24, 2.45) is 0 Å². The predicted molar refractivity (Wildman–Crippen MR) is 75.2 cm³/mol. The minimum Gasteiger partial charge on any atom is -0.497 e. The number of rotatable bonds is 3. The van der Waals surface area contributed by atoms with Gasteiger partial charge in [-0.05, 0) is 24.3 Å². The Morgan fingerprint density at radius 1 is 0.800 bits per heavy atom. The molecule has 0 saturated heterocycles. The van der Waals surface area contributed by atoms with E-state index in [0.717, 1.165) is 0 Å². The first kappa shape index (κ1) is 14.9. The minimum absolute atomic E-state index is 0.308. The summed E-state index contributed by atoms with van der Waals surface area (Å²) in [6.07, 6.45) is 0. The third kappa shape index (κ3) is 2.68. The monoisotopic (exact) mass is 332 g/mol. The van der Waals surface area contributed by atoms with E-state index in [9.17, 15) is 9.59 Å². The molecule has 4 nitrogen and oxygen atoms in total. The van der Waals surface area contributed by atoms with Gasteiger partial charge >= 0.3 is 0 Å². The molecule has 0 amide bonds. The Bertz CT molecular complexity index is 644. The summed E-state index contributed by atoms with van der Waals surface area (Å²) in [4.78, 5) is 23.6. The van der Waals surface area contributed by atoms with E-state index in [1.54, 1.807) is 24.3 Å². The number of ketones is 2. The van der Waals surface area contributed by atoms with Crippen LogP contribution in [-0.2, 0) is 9.59 Å². The van der Waals surface area contributed by atoms with Gasteiger partial charge in [0.1, 0.15) is 26.6 Å². The van der Waals surface area contributed by atoms with Gasteiger partial charge in [0.25, 0.3) is 0 Å². The highest BCUT2D eigenvalue weighted by Gasteiger charge is 2.34. The van der Waals surface area contributed by atoms with E-state index in [1.165, 1.54) is 7.11 Å². The molecule has 1 aromatic rings. The number of benzene rings is 1. The van der Waals surface area contributed by atoms with Crippen molar-refractivity contribution in [3.05, 3.63) is 45.1 Å². The van der Waals surface area contributed by atoms with Gasteiger partial charge < -0.3 is 9.47 Å². The summed E-state index contributed by atoms with van der Waals surface area (Å²) in [5, 5.41) is -1.23. The number of allylic oxidation sites excluding steroid dienone is 3. The molecule has 0 aromatic heterocycles. The Hall–Kier alpha value is -1.49. The van der Waals surface area contributed by atoms with Crippen molar-refractivity contribution in [1.82, 2.24) is 0 Å². The molecular formula is C13H7Cl3O4. The number of methoxy groups -OCH3 is 1. The van der Waals surface area contributed by atoms with Gasteiger partial charge in [-0.25, -0.2) is 0 Å². The maximum atomic E-state index is 11.9. The number of ether oxygens (including phenoxy) is 2. The van der Waals surface area contributed by atoms with E-state index in [2.05, 4.69) is 0 Å². The minimum atomic E-state index is -0.749. The fourth-order valence-corrected chi connectivity index (χ4v) is 2.07. The van der Waals surface area contributed by atoms with E-state index in [-0.39, 0.29) is 5.76 Å². The molecule has 0 unspecified atom stereocenters. The van der Waals surface area contributed by atoms with Crippen molar-refractivity contribution >= 4 is 46.4 Å². The molecule has 0 fully saturated rings. The lowest BCUT2D eigenvalue weighted by atomic mass is 10.1. The van der Waals surface area contributed by atoms with Crippen molar-refractivity contribution in [2.45, 2.75) is 0 Å². The highest BCUT2D eigenvalue weighted by molar-refractivity contribution is 6.64. The zero-order valence-corrected chi connectivity index (χ0v) is 12.3. The Kier molecular flexibility index (Phi) is 4.38. The van der Waals surface area contributed by atoms with Gasteiger partial charge in [-0.2, -0.15) is 0 Å². The molecule has 0 aliphatic heterocycles. The number of carbonyl (C=O) groups excluding carboxylic acids is 2. The predicted octanol–water partition coefficient (Wildman–Crippen LogP) is 3.37. The molecule has 0 bridgehead atoms. The van der Waals surface area contributed by atoms with Crippen LogP contribution in [0.3, 0.4) is 0 Å². The van der Waals surface area contributed by atoms with Gasteiger partial charge in [-0.15, -0.1) is 0 Å². The van der Waals surface area contributed by atoms with Crippen LogP contribution in [0.25, 0.3) is 0 Å². The lowest BCUT2D eigenvalue weighted by molar-refractivity contribution is -0.116. The van der Waals surface area contributed by atoms with E-state index in [0.29, 0.717) is 11.5 Å². The maximum absolute atomic E-state index is 11.9. The Morgan fingerprint density at radius 2 is 1.30 bits per heavy atom. The average molecular weight is 334 g/mol.